The predicted molar refractivity (Wildman–Crippen MR) is 73.8 cm³/mol. The van der Waals surface area contributed by atoms with Crippen LogP contribution in [-0.2, 0) is 0 Å². The van der Waals surface area contributed by atoms with E-state index in [0.29, 0.717) is 18.8 Å². The monoisotopic (exact) mass is 258 g/mol. The first-order valence-corrected chi connectivity index (χ1v) is 6.55. The Hall–Kier alpha value is -1.88. The topological polar surface area (TPSA) is 75.0 Å². The lowest BCUT2D eigenvalue weighted by Gasteiger charge is -2.22. The Kier molecular flexibility index (Phi) is 2.78. The lowest BCUT2D eigenvalue weighted by atomic mass is 9.90. The Balaban J connectivity index is 1.89. The number of H-pyrrole nitrogens is 1. The molecule has 1 aromatic heterocycles. The molecule has 1 aliphatic rings. The Bertz CT molecular complexity index is 621. The molecule has 5 nitrogen and oxygen atoms in total. The number of rotatable bonds is 2. The van der Waals surface area contributed by atoms with Crippen LogP contribution in [0, 0.1) is 5.41 Å². The number of hydrogen-bond donors (Lipinski definition) is 2. The third-order valence-corrected chi connectivity index (χ3v) is 4.01. The van der Waals surface area contributed by atoms with Crippen LogP contribution in [0.25, 0.3) is 10.9 Å². The third-order valence-electron chi connectivity index (χ3n) is 4.01. The summed E-state index contributed by atoms with van der Waals surface area (Å²) in [6, 6.07) is 7.69. The standard InChI is InChI=1S/C14H18N4O/c1-14(8-15)6-7-18(9-14)13(19)12-10-4-2-3-5-11(10)16-17-12/h2-5H,6-9,15H2,1H3,(H,16,17). The van der Waals surface area contributed by atoms with E-state index in [1.807, 2.05) is 29.2 Å². The van der Waals surface area contributed by atoms with Crippen LogP contribution in [0.1, 0.15) is 23.8 Å². The van der Waals surface area contributed by atoms with Gasteiger partial charge >= 0.3 is 0 Å². The maximum atomic E-state index is 12.5. The predicted octanol–water partition coefficient (Wildman–Crippen LogP) is 1.37. The Morgan fingerprint density at radius 1 is 1.53 bits per heavy atom. The molecule has 1 atom stereocenters. The molecule has 2 aromatic rings. The summed E-state index contributed by atoms with van der Waals surface area (Å²) < 4.78 is 0. The minimum absolute atomic E-state index is 0.00498. The first kappa shape index (κ1) is 12.2. The van der Waals surface area contributed by atoms with Crippen molar-refractivity contribution < 1.29 is 4.79 Å². The number of aromatic nitrogens is 2. The van der Waals surface area contributed by atoms with Crippen molar-refractivity contribution in [1.29, 1.82) is 0 Å². The smallest absolute Gasteiger partial charge is 0.275 e. The second-order valence-corrected chi connectivity index (χ2v) is 5.61. The highest BCUT2D eigenvalue weighted by Gasteiger charge is 2.36. The van der Waals surface area contributed by atoms with E-state index in [0.717, 1.165) is 23.9 Å². The number of nitrogens with two attached hydrogens (primary N) is 1. The van der Waals surface area contributed by atoms with Crippen LogP contribution in [0.15, 0.2) is 24.3 Å². The molecule has 1 fully saturated rings. The van der Waals surface area contributed by atoms with E-state index >= 15 is 0 Å². The summed E-state index contributed by atoms with van der Waals surface area (Å²) in [4.78, 5) is 14.4. The first-order valence-electron chi connectivity index (χ1n) is 6.55. The van der Waals surface area contributed by atoms with Crippen LogP contribution in [0.2, 0.25) is 0 Å². The highest BCUT2D eigenvalue weighted by molar-refractivity contribution is 6.04. The van der Waals surface area contributed by atoms with E-state index in [9.17, 15) is 4.79 Å². The number of benzene rings is 1. The number of aromatic amines is 1. The van der Waals surface area contributed by atoms with Gasteiger partial charge in [-0.1, -0.05) is 25.1 Å². The summed E-state index contributed by atoms with van der Waals surface area (Å²) >= 11 is 0. The lowest BCUT2D eigenvalue weighted by Crippen LogP contribution is -2.34. The number of hydrogen-bond acceptors (Lipinski definition) is 3. The number of amides is 1. The number of nitrogens with zero attached hydrogens (tertiary/aromatic N) is 2. The average molecular weight is 258 g/mol. The molecule has 3 N–H and O–H groups in total. The second-order valence-electron chi connectivity index (χ2n) is 5.61. The Morgan fingerprint density at radius 3 is 3.05 bits per heavy atom. The number of carbonyl (C=O) groups excluding carboxylic acids is 1. The quantitative estimate of drug-likeness (QED) is 0.854. The third kappa shape index (κ3) is 2.00. The van der Waals surface area contributed by atoms with Crippen molar-refractivity contribution in [2.24, 2.45) is 11.1 Å². The van der Waals surface area contributed by atoms with Crippen LogP contribution >= 0.6 is 0 Å². The van der Waals surface area contributed by atoms with Crippen molar-refractivity contribution in [3.05, 3.63) is 30.0 Å². The van der Waals surface area contributed by atoms with E-state index in [4.69, 9.17) is 5.73 Å². The molecule has 0 saturated carbocycles. The summed E-state index contributed by atoms with van der Waals surface area (Å²) in [5.41, 5.74) is 7.23. The van der Waals surface area contributed by atoms with Crippen molar-refractivity contribution in [2.45, 2.75) is 13.3 Å². The fourth-order valence-corrected chi connectivity index (χ4v) is 2.64. The van der Waals surface area contributed by atoms with Gasteiger partial charge in [0, 0.05) is 18.5 Å². The normalized spacial score (nSPS) is 23.2. The van der Waals surface area contributed by atoms with Crippen LogP contribution in [0.5, 0.6) is 0 Å². The van der Waals surface area contributed by atoms with E-state index in [1.54, 1.807) is 0 Å². The lowest BCUT2D eigenvalue weighted by molar-refractivity contribution is 0.0773. The van der Waals surface area contributed by atoms with Gasteiger partial charge in [-0.3, -0.25) is 9.89 Å². The van der Waals surface area contributed by atoms with Gasteiger partial charge in [-0.15, -0.1) is 0 Å². The van der Waals surface area contributed by atoms with Gasteiger partial charge in [0.15, 0.2) is 5.69 Å². The molecule has 100 valence electrons. The molecule has 5 heteroatoms. The molecule has 0 radical (unpaired) electrons. The highest BCUT2D eigenvalue weighted by Crippen LogP contribution is 2.30. The minimum atomic E-state index is -0.00498. The second kappa shape index (κ2) is 4.35. The first-order chi connectivity index (χ1) is 9.13. The molecule has 1 aliphatic heterocycles. The van der Waals surface area contributed by atoms with Gasteiger partial charge in [0.25, 0.3) is 5.91 Å². The SMILES string of the molecule is CC1(CN)CCN(C(=O)c2n[nH]c3ccccc23)C1. The van der Waals surface area contributed by atoms with Gasteiger partial charge < -0.3 is 10.6 Å². The van der Waals surface area contributed by atoms with E-state index in [1.165, 1.54) is 0 Å². The number of fused-ring (bicyclic) bond motifs is 1. The van der Waals surface area contributed by atoms with Gasteiger partial charge in [0.1, 0.15) is 0 Å². The Labute approximate surface area is 111 Å². The molecule has 0 spiro atoms. The van der Waals surface area contributed by atoms with E-state index < -0.39 is 0 Å². The van der Waals surface area contributed by atoms with Gasteiger partial charge in [-0.25, -0.2) is 0 Å². The number of nitrogens with one attached hydrogen (secondary N) is 1. The van der Waals surface area contributed by atoms with E-state index in [2.05, 4.69) is 17.1 Å². The highest BCUT2D eigenvalue weighted by atomic mass is 16.2. The molecular weight excluding hydrogens is 240 g/mol. The van der Waals surface area contributed by atoms with Crippen molar-refractivity contribution >= 4 is 16.8 Å². The van der Waals surface area contributed by atoms with Crippen LogP contribution in [-0.4, -0.2) is 40.6 Å². The molecule has 1 aromatic carbocycles. The van der Waals surface area contributed by atoms with Gasteiger partial charge in [0.05, 0.1) is 5.52 Å². The van der Waals surface area contributed by atoms with Crippen molar-refractivity contribution in [3.63, 3.8) is 0 Å². The molecule has 1 saturated heterocycles. The van der Waals surface area contributed by atoms with Crippen molar-refractivity contribution in [2.75, 3.05) is 19.6 Å². The number of para-hydroxylation sites is 1. The zero-order valence-electron chi connectivity index (χ0n) is 11.0. The number of carbonyl (C=O) groups is 1. The van der Waals surface area contributed by atoms with Gasteiger partial charge in [0.2, 0.25) is 0 Å². The molecular formula is C14H18N4O. The molecule has 0 aliphatic carbocycles. The molecule has 2 heterocycles. The zero-order valence-corrected chi connectivity index (χ0v) is 11.0. The molecule has 0 bridgehead atoms. The maximum Gasteiger partial charge on any atom is 0.275 e. The molecule has 19 heavy (non-hydrogen) atoms. The van der Waals surface area contributed by atoms with Crippen LogP contribution in [0.3, 0.4) is 0 Å². The average Bonchev–Trinajstić information content (AvgIpc) is 3.03. The number of likely N-dealkylation sites (tertiary alicyclic amines) is 1. The van der Waals surface area contributed by atoms with Crippen molar-refractivity contribution in [3.8, 4) is 0 Å². The van der Waals surface area contributed by atoms with Gasteiger partial charge in [-0.2, -0.15) is 5.10 Å². The summed E-state index contributed by atoms with van der Waals surface area (Å²) in [7, 11) is 0. The summed E-state index contributed by atoms with van der Waals surface area (Å²) in [5.74, 6) is -0.00498. The summed E-state index contributed by atoms with van der Waals surface area (Å²) in [6.45, 7) is 4.21. The maximum absolute atomic E-state index is 12.5. The molecule has 3 rings (SSSR count). The Morgan fingerprint density at radius 2 is 2.32 bits per heavy atom. The van der Waals surface area contributed by atoms with E-state index in [-0.39, 0.29) is 11.3 Å². The minimum Gasteiger partial charge on any atom is -0.337 e. The zero-order chi connectivity index (χ0) is 13.5. The summed E-state index contributed by atoms with van der Waals surface area (Å²) in [6.07, 6.45) is 0.956. The van der Waals surface area contributed by atoms with Crippen molar-refractivity contribution in [1.82, 2.24) is 15.1 Å². The fourth-order valence-electron chi connectivity index (χ4n) is 2.64. The molecule has 1 amide bonds. The fraction of sp³-hybridized carbons (Fsp3) is 0.429. The van der Waals surface area contributed by atoms with Gasteiger partial charge in [-0.05, 0) is 24.4 Å². The van der Waals surface area contributed by atoms with Crippen LogP contribution in [0.4, 0.5) is 0 Å². The summed E-state index contributed by atoms with van der Waals surface area (Å²) in [5, 5.41) is 7.95. The largest absolute Gasteiger partial charge is 0.337 e. The van der Waals surface area contributed by atoms with Crippen LogP contribution < -0.4 is 5.73 Å². The molecule has 1 unspecified atom stereocenters.